The molecule has 0 heterocycles. The Kier molecular flexibility index (Phi) is 7.34. The number of carbonyl (C=O) groups is 1. The zero-order valence-electron chi connectivity index (χ0n) is 11.8. The first-order valence-corrected chi connectivity index (χ1v) is 7.51. The van der Waals surface area contributed by atoms with E-state index in [1.54, 1.807) is 13.8 Å². The van der Waals surface area contributed by atoms with Crippen molar-refractivity contribution in [1.82, 2.24) is 4.31 Å². The van der Waals surface area contributed by atoms with E-state index >= 15 is 0 Å². The monoisotopic (exact) mass is 334 g/mol. The van der Waals surface area contributed by atoms with Crippen LogP contribution in [0.5, 0.6) is 0 Å². The average Bonchev–Trinajstić information content (AvgIpc) is 2.39. The highest BCUT2D eigenvalue weighted by atomic mass is 35.5. The number of nitrogens with zero attached hydrogens (tertiary/aromatic N) is 2. The lowest BCUT2D eigenvalue weighted by atomic mass is 10.2. The molecule has 0 aliphatic carbocycles. The first-order chi connectivity index (χ1) is 9.32. The van der Waals surface area contributed by atoms with Crippen LogP contribution in [0.3, 0.4) is 0 Å². The molecular weight excluding hydrogens is 316 g/mol. The molecule has 0 aromatic heterocycles. The SMILES string of the molecule is CCN(CC)S(=O)(=O)c1cccc(C(=O)N=C(N)N)c1.Cl. The molecule has 1 amide bonds. The molecule has 1 rings (SSSR count). The van der Waals surface area contributed by atoms with E-state index in [0.29, 0.717) is 13.1 Å². The van der Waals surface area contributed by atoms with E-state index in [-0.39, 0.29) is 28.8 Å². The van der Waals surface area contributed by atoms with Crippen molar-refractivity contribution in [1.29, 1.82) is 0 Å². The lowest BCUT2D eigenvalue weighted by Crippen LogP contribution is -2.30. The van der Waals surface area contributed by atoms with Gasteiger partial charge in [-0.1, -0.05) is 19.9 Å². The number of hydrogen-bond acceptors (Lipinski definition) is 3. The smallest absolute Gasteiger partial charge is 0.280 e. The molecule has 0 saturated heterocycles. The van der Waals surface area contributed by atoms with E-state index in [0.717, 1.165) is 0 Å². The molecule has 7 nitrogen and oxygen atoms in total. The summed E-state index contributed by atoms with van der Waals surface area (Å²) in [5, 5.41) is 0. The maximum atomic E-state index is 12.3. The van der Waals surface area contributed by atoms with Crippen LogP contribution < -0.4 is 11.5 Å². The van der Waals surface area contributed by atoms with Gasteiger partial charge in [-0.2, -0.15) is 9.30 Å². The van der Waals surface area contributed by atoms with Crippen molar-refractivity contribution >= 4 is 34.3 Å². The number of halogens is 1. The molecule has 0 spiro atoms. The minimum atomic E-state index is -3.62. The van der Waals surface area contributed by atoms with Crippen LogP contribution in [0.2, 0.25) is 0 Å². The normalized spacial score (nSPS) is 10.8. The summed E-state index contributed by atoms with van der Waals surface area (Å²) in [7, 11) is -3.62. The van der Waals surface area contributed by atoms with Gasteiger partial charge in [0.2, 0.25) is 10.0 Å². The Morgan fingerprint density at radius 2 is 1.81 bits per heavy atom. The molecule has 0 fully saturated rings. The van der Waals surface area contributed by atoms with Crippen LogP contribution in [0, 0.1) is 0 Å². The maximum Gasteiger partial charge on any atom is 0.280 e. The highest BCUT2D eigenvalue weighted by Crippen LogP contribution is 2.17. The third kappa shape index (κ3) is 4.69. The fraction of sp³-hybridized carbons (Fsp3) is 0.333. The molecule has 21 heavy (non-hydrogen) atoms. The maximum absolute atomic E-state index is 12.3. The van der Waals surface area contributed by atoms with Gasteiger partial charge in [-0.15, -0.1) is 12.4 Å². The molecule has 0 radical (unpaired) electrons. The highest BCUT2D eigenvalue weighted by molar-refractivity contribution is 7.89. The van der Waals surface area contributed by atoms with E-state index < -0.39 is 15.9 Å². The quantitative estimate of drug-likeness (QED) is 0.602. The van der Waals surface area contributed by atoms with Gasteiger partial charge in [0.15, 0.2) is 5.96 Å². The summed E-state index contributed by atoms with van der Waals surface area (Å²) >= 11 is 0. The molecule has 0 unspecified atom stereocenters. The van der Waals surface area contributed by atoms with Crippen LogP contribution in [0.1, 0.15) is 24.2 Å². The summed E-state index contributed by atoms with van der Waals surface area (Å²) in [4.78, 5) is 15.1. The van der Waals surface area contributed by atoms with Crippen molar-refractivity contribution in [3.63, 3.8) is 0 Å². The number of rotatable bonds is 5. The molecular formula is C12H19ClN4O3S. The third-order valence-electron chi connectivity index (χ3n) is 2.65. The second-order valence-electron chi connectivity index (χ2n) is 3.96. The van der Waals surface area contributed by atoms with Gasteiger partial charge in [-0.25, -0.2) is 8.42 Å². The fourth-order valence-electron chi connectivity index (χ4n) is 1.68. The number of nitrogens with two attached hydrogens (primary N) is 2. The summed E-state index contributed by atoms with van der Waals surface area (Å²) in [6, 6.07) is 5.63. The first-order valence-electron chi connectivity index (χ1n) is 6.07. The van der Waals surface area contributed by atoms with Crippen LogP contribution in [0.15, 0.2) is 34.2 Å². The second-order valence-corrected chi connectivity index (χ2v) is 5.90. The summed E-state index contributed by atoms with van der Waals surface area (Å²) < 4.78 is 25.9. The highest BCUT2D eigenvalue weighted by Gasteiger charge is 2.22. The van der Waals surface area contributed by atoms with Gasteiger partial charge in [-0.3, -0.25) is 4.79 Å². The molecule has 0 aliphatic heterocycles. The van der Waals surface area contributed by atoms with Gasteiger partial charge in [0.1, 0.15) is 0 Å². The van der Waals surface area contributed by atoms with Gasteiger partial charge < -0.3 is 11.5 Å². The first kappa shape index (κ1) is 19.4. The number of hydrogen-bond donors (Lipinski definition) is 2. The van der Waals surface area contributed by atoms with E-state index in [9.17, 15) is 13.2 Å². The predicted molar refractivity (Wildman–Crippen MR) is 83.9 cm³/mol. The Morgan fingerprint density at radius 3 is 2.29 bits per heavy atom. The van der Waals surface area contributed by atoms with Crippen molar-refractivity contribution in [3.05, 3.63) is 29.8 Å². The number of guanidine groups is 1. The Bertz CT molecular complexity index is 623. The molecule has 0 aliphatic rings. The number of benzene rings is 1. The van der Waals surface area contributed by atoms with Gasteiger partial charge in [0, 0.05) is 18.7 Å². The number of sulfonamides is 1. The number of aliphatic imine (C=N–C) groups is 1. The topological polar surface area (TPSA) is 119 Å². The summed E-state index contributed by atoms with van der Waals surface area (Å²) in [6.45, 7) is 4.20. The molecule has 118 valence electrons. The van der Waals surface area contributed by atoms with Crippen LogP contribution in [-0.2, 0) is 10.0 Å². The van der Waals surface area contributed by atoms with Crippen LogP contribution in [-0.4, -0.2) is 37.7 Å². The van der Waals surface area contributed by atoms with Gasteiger partial charge in [0.05, 0.1) is 4.90 Å². The van der Waals surface area contributed by atoms with E-state index in [1.807, 2.05) is 0 Å². The van der Waals surface area contributed by atoms with Crippen LogP contribution in [0.4, 0.5) is 0 Å². The molecule has 4 N–H and O–H groups in total. The van der Waals surface area contributed by atoms with E-state index in [4.69, 9.17) is 11.5 Å². The number of amides is 1. The summed E-state index contributed by atoms with van der Waals surface area (Å²) in [5.74, 6) is -1.05. The van der Waals surface area contributed by atoms with Gasteiger partial charge in [-0.05, 0) is 18.2 Å². The van der Waals surface area contributed by atoms with Crippen molar-refractivity contribution in [2.24, 2.45) is 16.5 Å². The zero-order chi connectivity index (χ0) is 15.3. The van der Waals surface area contributed by atoms with Crippen molar-refractivity contribution in [2.75, 3.05) is 13.1 Å². The van der Waals surface area contributed by atoms with Crippen molar-refractivity contribution < 1.29 is 13.2 Å². The second kappa shape index (κ2) is 7.96. The largest absolute Gasteiger partial charge is 0.370 e. The van der Waals surface area contributed by atoms with Gasteiger partial charge >= 0.3 is 0 Å². The van der Waals surface area contributed by atoms with Crippen LogP contribution in [0.25, 0.3) is 0 Å². The molecule has 9 heteroatoms. The zero-order valence-corrected chi connectivity index (χ0v) is 13.4. The van der Waals surface area contributed by atoms with E-state index in [2.05, 4.69) is 4.99 Å². The molecule has 0 bridgehead atoms. The lowest BCUT2D eigenvalue weighted by Gasteiger charge is -2.18. The minimum Gasteiger partial charge on any atom is -0.370 e. The Balaban J connectivity index is 0.00000400. The lowest BCUT2D eigenvalue weighted by molar-refractivity contribution is 0.100. The van der Waals surface area contributed by atoms with Crippen molar-refractivity contribution in [3.8, 4) is 0 Å². The summed E-state index contributed by atoms with van der Waals surface area (Å²) in [6.07, 6.45) is 0. The number of carbonyl (C=O) groups excluding carboxylic acids is 1. The predicted octanol–water partition coefficient (Wildman–Crippen LogP) is 0.553. The average molecular weight is 335 g/mol. The summed E-state index contributed by atoms with van der Waals surface area (Å²) in [5.41, 5.74) is 10.4. The third-order valence-corrected chi connectivity index (χ3v) is 4.70. The Hall–Kier alpha value is -1.64. The van der Waals surface area contributed by atoms with E-state index in [1.165, 1.54) is 28.6 Å². The molecule has 0 atom stereocenters. The molecule has 0 saturated carbocycles. The van der Waals surface area contributed by atoms with Gasteiger partial charge in [0.25, 0.3) is 5.91 Å². The van der Waals surface area contributed by atoms with Crippen LogP contribution >= 0.6 is 12.4 Å². The van der Waals surface area contributed by atoms with Crippen molar-refractivity contribution in [2.45, 2.75) is 18.7 Å². The Labute approximate surface area is 130 Å². The molecule has 1 aromatic carbocycles. The molecule has 1 aromatic rings. The minimum absolute atomic E-state index is 0. The Morgan fingerprint density at radius 1 is 1.24 bits per heavy atom. The standard InChI is InChI=1S/C12H18N4O3S.ClH/c1-3-16(4-2)20(18,19)10-7-5-6-9(8-10)11(17)15-12(13)14;/h5-8H,3-4H2,1-2H3,(H4,13,14,15,17);1H. The fourth-order valence-corrected chi connectivity index (χ4v) is 3.19.